The highest BCUT2D eigenvalue weighted by molar-refractivity contribution is 5.78. The number of nitrogens with one attached hydrogen (secondary N) is 2. The molecule has 2 heterocycles. The first-order chi connectivity index (χ1) is 11.1. The smallest absolute Gasteiger partial charge is 0.224 e. The molecule has 1 aliphatic heterocycles. The van der Waals surface area contributed by atoms with E-state index in [9.17, 15) is 4.79 Å². The van der Waals surface area contributed by atoms with Crippen molar-refractivity contribution in [3.63, 3.8) is 0 Å². The number of hydrogen-bond donors (Lipinski definition) is 2. The Morgan fingerprint density at radius 3 is 2.70 bits per heavy atom. The molecule has 1 fully saturated rings. The Labute approximate surface area is 135 Å². The van der Waals surface area contributed by atoms with E-state index < -0.39 is 0 Å². The van der Waals surface area contributed by atoms with Gasteiger partial charge in [-0.25, -0.2) is 4.68 Å². The fourth-order valence-electron chi connectivity index (χ4n) is 2.81. The van der Waals surface area contributed by atoms with Crippen LogP contribution in [-0.4, -0.2) is 45.7 Å². The summed E-state index contributed by atoms with van der Waals surface area (Å²) in [6, 6.07) is 7.69. The topological polar surface area (TPSA) is 84.7 Å². The Morgan fingerprint density at radius 1 is 1.30 bits per heavy atom. The number of benzene rings is 1. The van der Waals surface area contributed by atoms with E-state index >= 15 is 0 Å². The zero-order valence-electron chi connectivity index (χ0n) is 13.3. The highest BCUT2D eigenvalue weighted by Gasteiger charge is 2.26. The van der Waals surface area contributed by atoms with E-state index in [1.54, 1.807) is 11.0 Å². The summed E-state index contributed by atoms with van der Waals surface area (Å²) in [5.74, 6) is 0.0694. The molecule has 7 nitrogen and oxygen atoms in total. The first-order valence-corrected chi connectivity index (χ1v) is 7.94. The van der Waals surface area contributed by atoms with Crippen molar-refractivity contribution in [2.75, 3.05) is 19.6 Å². The van der Waals surface area contributed by atoms with Gasteiger partial charge in [0.05, 0.1) is 12.1 Å². The van der Waals surface area contributed by atoms with E-state index in [4.69, 9.17) is 0 Å². The Hall–Kier alpha value is -2.28. The lowest BCUT2D eigenvalue weighted by molar-refractivity contribution is -0.121. The summed E-state index contributed by atoms with van der Waals surface area (Å²) >= 11 is 0. The summed E-state index contributed by atoms with van der Waals surface area (Å²) in [4.78, 5) is 12.1. The monoisotopic (exact) mass is 314 g/mol. The molecule has 23 heavy (non-hydrogen) atoms. The first kappa shape index (κ1) is 15.6. The van der Waals surface area contributed by atoms with Crippen molar-refractivity contribution in [2.24, 2.45) is 5.41 Å². The van der Waals surface area contributed by atoms with E-state index in [2.05, 4.69) is 33.1 Å². The van der Waals surface area contributed by atoms with E-state index in [1.165, 1.54) is 0 Å². The molecule has 1 saturated heterocycles. The van der Waals surface area contributed by atoms with Gasteiger partial charge in [0, 0.05) is 6.54 Å². The molecule has 0 spiro atoms. The molecule has 7 heteroatoms. The fraction of sp³-hybridized carbons (Fsp3) is 0.500. The van der Waals surface area contributed by atoms with Crippen LogP contribution < -0.4 is 10.6 Å². The average Bonchev–Trinajstić information content (AvgIpc) is 3.09. The van der Waals surface area contributed by atoms with Gasteiger partial charge >= 0.3 is 0 Å². The molecule has 3 rings (SSSR count). The molecule has 1 amide bonds. The number of rotatable bonds is 5. The van der Waals surface area contributed by atoms with Crippen LogP contribution in [0.2, 0.25) is 0 Å². The standard InChI is InChI=1S/C16H22N6O/c1-16(6-8-17-9-7-16)11-18-15(23)10-13-2-4-14(5-3-13)22-12-19-20-21-22/h2-5,12,17H,6-11H2,1H3,(H,18,23). The number of carbonyl (C=O) groups excluding carboxylic acids is 1. The Balaban J connectivity index is 1.51. The lowest BCUT2D eigenvalue weighted by atomic mass is 9.81. The second-order valence-electron chi connectivity index (χ2n) is 6.44. The molecule has 1 aliphatic rings. The molecule has 2 aromatic rings. The van der Waals surface area contributed by atoms with Gasteiger partial charge in [-0.3, -0.25) is 4.79 Å². The van der Waals surface area contributed by atoms with Gasteiger partial charge in [0.25, 0.3) is 0 Å². The second kappa shape index (κ2) is 6.87. The summed E-state index contributed by atoms with van der Waals surface area (Å²) in [5, 5.41) is 17.5. The number of hydrogen-bond acceptors (Lipinski definition) is 5. The highest BCUT2D eigenvalue weighted by atomic mass is 16.1. The van der Waals surface area contributed by atoms with Crippen LogP contribution in [0.15, 0.2) is 30.6 Å². The molecule has 0 radical (unpaired) electrons. The quantitative estimate of drug-likeness (QED) is 0.849. The highest BCUT2D eigenvalue weighted by Crippen LogP contribution is 2.26. The third kappa shape index (κ3) is 4.13. The zero-order chi connectivity index (χ0) is 16.1. The molecular weight excluding hydrogens is 292 g/mol. The Morgan fingerprint density at radius 2 is 2.04 bits per heavy atom. The van der Waals surface area contributed by atoms with Gasteiger partial charge in [-0.15, -0.1) is 5.10 Å². The van der Waals surface area contributed by atoms with Crippen molar-refractivity contribution in [3.05, 3.63) is 36.2 Å². The van der Waals surface area contributed by atoms with E-state index in [0.29, 0.717) is 6.42 Å². The second-order valence-corrected chi connectivity index (χ2v) is 6.44. The van der Waals surface area contributed by atoms with Crippen molar-refractivity contribution in [2.45, 2.75) is 26.2 Å². The molecule has 0 atom stereocenters. The van der Waals surface area contributed by atoms with Crippen molar-refractivity contribution >= 4 is 5.91 Å². The van der Waals surface area contributed by atoms with Crippen LogP contribution in [0.25, 0.3) is 5.69 Å². The van der Waals surface area contributed by atoms with Gasteiger partial charge in [-0.05, 0) is 59.5 Å². The summed E-state index contributed by atoms with van der Waals surface area (Å²) < 4.78 is 1.59. The van der Waals surface area contributed by atoms with Crippen LogP contribution in [0.3, 0.4) is 0 Å². The number of tetrazole rings is 1. The van der Waals surface area contributed by atoms with E-state index in [0.717, 1.165) is 43.7 Å². The van der Waals surface area contributed by atoms with Crippen molar-refractivity contribution in [1.29, 1.82) is 0 Å². The third-order valence-electron chi connectivity index (χ3n) is 4.44. The summed E-state index contributed by atoms with van der Waals surface area (Å²) in [7, 11) is 0. The normalized spacial score (nSPS) is 16.9. The van der Waals surface area contributed by atoms with Gasteiger partial charge < -0.3 is 10.6 Å². The first-order valence-electron chi connectivity index (χ1n) is 7.94. The molecule has 0 unspecified atom stereocenters. The average molecular weight is 314 g/mol. The molecule has 0 bridgehead atoms. The van der Waals surface area contributed by atoms with Crippen molar-refractivity contribution < 1.29 is 4.79 Å². The predicted molar refractivity (Wildman–Crippen MR) is 86.1 cm³/mol. The number of carbonyl (C=O) groups is 1. The molecule has 2 N–H and O–H groups in total. The molecule has 0 aliphatic carbocycles. The molecular formula is C16H22N6O. The van der Waals surface area contributed by atoms with Crippen molar-refractivity contribution in [1.82, 2.24) is 30.8 Å². The molecule has 122 valence electrons. The van der Waals surface area contributed by atoms with Gasteiger partial charge in [0.2, 0.25) is 5.91 Å². The largest absolute Gasteiger partial charge is 0.355 e. The minimum atomic E-state index is 0.0694. The van der Waals surface area contributed by atoms with Crippen LogP contribution in [0.1, 0.15) is 25.3 Å². The number of piperidine rings is 1. The van der Waals surface area contributed by atoms with E-state index in [1.807, 2.05) is 24.3 Å². The minimum absolute atomic E-state index is 0.0694. The summed E-state index contributed by atoms with van der Waals surface area (Å²) in [6.07, 6.45) is 4.15. The lowest BCUT2D eigenvalue weighted by Crippen LogP contribution is -2.43. The number of aromatic nitrogens is 4. The van der Waals surface area contributed by atoms with E-state index in [-0.39, 0.29) is 11.3 Å². The van der Waals surface area contributed by atoms with Crippen LogP contribution in [0.4, 0.5) is 0 Å². The third-order valence-corrected chi connectivity index (χ3v) is 4.44. The Kier molecular flexibility index (Phi) is 4.66. The maximum Gasteiger partial charge on any atom is 0.224 e. The van der Waals surface area contributed by atoms with Gasteiger partial charge in [0.1, 0.15) is 6.33 Å². The van der Waals surface area contributed by atoms with Crippen LogP contribution in [0, 0.1) is 5.41 Å². The molecule has 1 aromatic carbocycles. The summed E-state index contributed by atoms with van der Waals surface area (Å²) in [6.45, 7) is 5.06. The van der Waals surface area contributed by atoms with Gasteiger partial charge in [-0.1, -0.05) is 19.1 Å². The van der Waals surface area contributed by atoms with Crippen LogP contribution >= 0.6 is 0 Å². The van der Waals surface area contributed by atoms with Crippen molar-refractivity contribution in [3.8, 4) is 5.69 Å². The van der Waals surface area contributed by atoms with Crippen LogP contribution in [0.5, 0.6) is 0 Å². The zero-order valence-corrected chi connectivity index (χ0v) is 13.3. The fourth-order valence-corrected chi connectivity index (χ4v) is 2.81. The van der Waals surface area contributed by atoms with Crippen LogP contribution in [-0.2, 0) is 11.2 Å². The minimum Gasteiger partial charge on any atom is -0.355 e. The predicted octanol–water partition coefficient (Wildman–Crippen LogP) is 0.711. The Bertz CT molecular complexity index is 631. The lowest BCUT2D eigenvalue weighted by Gasteiger charge is -2.34. The number of nitrogens with zero attached hydrogens (tertiary/aromatic N) is 4. The SMILES string of the molecule is CC1(CNC(=O)Cc2ccc(-n3cnnn3)cc2)CCNCC1. The van der Waals surface area contributed by atoms with Gasteiger partial charge in [-0.2, -0.15) is 0 Å². The molecule has 1 aromatic heterocycles. The molecule has 0 saturated carbocycles. The maximum absolute atomic E-state index is 12.1. The summed E-state index contributed by atoms with van der Waals surface area (Å²) in [5.41, 5.74) is 2.07. The number of amides is 1. The maximum atomic E-state index is 12.1. The van der Waals surface area contributed by atoms with Gasteiger partial charge in [0.15, 0.2) is 0 Å².